The molecule has 192 valence electrons. The second kappa shape index (κ2) is 16.2. The molecular weight excluding hydrogens is 590 g/mol. The summed E-state index contributed by atoms with van der Waals surface area (Å²) in [5, 5.41) is 4.91. The summed E-state index contributed by atoms with van der Waals surface area (Å²) in [5.74, 6) is 1.78. The zero-order valence-corrected chi connectivity index (χ0v) is 25.3. The first-order valence-corrected chi connectivity index (χ1v) is 13.0. The van der Waals surface area contributed by atoms with Gasteiger partial charge in [-0.25, -0.2) is 12.2 Å². The van der Waals surface area contributed by atoms with Crippen molar-refractivity contribution in [3.05, 3.63) is 139 Å². The molecule has 0 saturated heterocycles. The molecule has 5 aromatic carbocycles. The van der Waals surface area contributed by atoms with E-state index in [1.165, 1.54) is 60.1 Å². The normalized spacial score (nSPS) is 10.8. The van der Waals surface area contributed by atoms with E-state index in [0.29, 0.717) is 0 Å². The summed E-state index contributed by atoms with van der Waals surface area (Å²) in [4.78, 5) is 0. The van der Waals surface area contributed by atoms with Crippen LogP contribution < -0.4 is 34.3 Å². The molecule has 38 heavy (non-hydrogen) atoms. The van der Waals surface area contributed by atoms with Crippen LogP contribution in [0, 0.1) is 6.08 Å². The van der Waals surface area contributed by atoms with Crippen LogP contribution in [-0.2, 0) is 24.2 Å². The van der Waals surface area contributed by atoms with Crippen molar-refractivity contribution in [3.8, 4) is 11.5 Å². The number of rotatable bonds is 4. The monoisotopic (exact) mass is 616 g/mol. The van der Waals surface area contributed by atoms with Gasteiger partial charge in [-0.05, 0) is 12.1 Å². The van der Waals surface area contributed by atoms with Crippen LogP contribution in [-0.4, -0.2) is 17.4 Å². The average Bonchev–Trinajstić information content (AvgIpc) is 3.65. The Morgan fingerprint density at radius 2 is 1.18 bits per heavy atom. The Labute approximate surface area is 252 Å². The molecule has 1 aliphatic carbocycles. The van der Waals surface area contributed by atoms with E-state index in [2.05, 4.69) is 103 Å². The quantitative estimate of drug-likeness (QED) is 0.287. The number of allylic oxidation sites excluding steroid dienone is 4. The molecule has 0 aliphatic heterocycles. The fraction of sp³-hybridized carbons (Fsp3) is 0.0909. The van der Waals surface area contributed by atoms with Crippen molar-refractivity contribution in [1.29, 1.82) is 0 Å². The number of benzene rings is 4. The van der Waals surface area contributed by atoms with Crippen molar-refractivity contribution in [3.63, 3.8) is 0 Å². The molecule has 0 aromatic heterocycles. The van der Waals surface area contributed by atoms with Gasteiger partial charge in [0.15, 0.2) is 0 Å². The van der Waals surface area contributed by atoms with Crippen molar-refractivity contribution in [2.24, 2.45) is 0 Å². The molecule has 2 nitrogen and oxygen atoms in total. The fourth-order valence-corrected chi connectivity index (χ4v) is 4.77. The Bertz CT molecular complexity index is 1380. The van der Waals surface area contributed by atoms with Crippen LogP contribution in [0.5, 0.6) is 11.5 Å². The third-order valence-corrected chi connectivity index (χ3v) is 7.25. The summed E-state index contributed by atoms with van der Waals surface area (Å²) in [7, 11) is 3.37. The van der Waals surface area contributed by atoms with Crippen molar-refractivity contribution in [2.45, 2.75) is 6.42 Å². The van der Waals surface area contributed by atoms with Gasteiger partial charge in [0.05, 0.1) is 25.7 Å². The maximum atomic E-state index is 5.24. The molecule has 0 atom stereocenters. The molecule has 6 rings (SSSR count). The van der Waals surface area contributed by atoms with Crippen LogP contribution in [0.15, 0.2) is 121 Å². The van der Waals surface area contributed by atoms with E-state index >= 15 is 0 Å². The molecule has 0 saturated carbocycles. The van der Waals surface area contributed by atoms with Crippen LogP contribution in [0.2, 0.25) is 0 Å². The number of ether oxygens (including phenoxy) is 2. The summed E-state index contributed by atoms with van der Waals surface area (Å²) in [6.45, 7) is 0. The van der Waals surface area contributed by atoms with E-state index in [1.807, 2.05) is 24.3 Å². The molecule has 0 spiro atoms. The Kier molecular flexibility index (Phi) is 13.4. The van der Waals surface area contributed by atoms with Gasteiger partial charge in [-0.3, -0.25) is 6.08 Å². The molecule has 0 radical (unpaired) electrons. The number of halogens is 2. The standard InChI is InChI=1S/C15H13O2.C13H10.C5H5.2ClH.Zr/c1-16-12-3-5-14-10(8-12)7-11-9-13(17-2)4-6-15(11)14;1-3-7-12(8-4-1)11-13-9-5-2-6-10-13;1-2-4-5-3-1;;;/h3-9H,1-2H3;1-10H;1-3H,4H2;2*1H;/q-1;;-1;;;+2/p-2. The Hall–Kier alpha value is -2.84. The van der Waals surface area contributed by atoms with Crippen LogP contribution in [0.25, 0.3) is 21.5 Å². The molecule has 1 aliphatic rings. The summed E-state index contributed by atoms with van der Waals surface area (Å²) < 4.78 is 11.9. The van der Waals surface area contributed by atoms with Gasteiger partial charge in [-0.15, -0.1) is 34.0 Å². The minimum absolute atomic E-state index is 0. The first kappa shape index (κ1) is 31.4. The topological polar surface area (TPSA) is 18.5 Å². The SMILES string of the molecule is COc1ccc2c(c1)[cH-]c1cc(OC)ccc12.[C-]1=CC=CC1.[Cl-].[Cl-].[Zr+2]=[C](c1ccccc1)c1ccccc1. The fourth-order valence-electron chi connectivity index (χ4n) is 3.95. The number of fused-ring (bicyclic) bond motifs is 3. The molecule has 0 fully saturated rings. The van der Waals surface area contributed by atoms with Gasteiger partial charge < -0.3 is 34.3 Å². The van der Waals surface area contributed by atoms with E-state index in [1.54, 1.807) is 14.2 Å². The van der Waals surface area contributed by atoms with Crippen LogP contribution >= 0.6 is 0 Å². The van der Waals surface area contributed by atoms with Crippen LogP contribution in [0.1, 0.15) is 17.5 Å². The van der Waals surface area contributed by atoms with Crippen molar-refractivity contribution in [1.82, 2.24) is 0 Å². The number of methoxy groups -OCH3 is 2. The van der Waals surface area contributed by atoms with Gasteiger partial charge in [-0.1, -0.05) is 24.3 Å². The Balaban J connectivity index is 0.000000219. The predicted octanol–water partition coefficient (Wildman–Crippen LogP) is 1.84. The summed E-state index contributed by atoms with van der Waals surface area (Å²) in [6.07, 6.45) is 10.0. The third-order valence-electron chi connectivity index (χ3n) is 5.83. The van der Waals surface area contributed by atoms with E-state index < -0.39 is 0 Å². The Morgan fingerprint density at radius 3 is 1.53 bits per heavy atom. The van der Waals surface area contributed by atoms with Crippen molar-refractivity contribution in [2.75, 3.05) is 14.2 Å². The average molecular weight is 619 g/mol. The first-order chi connectivity index (χ1) is 17.7. The molecular formula is C33H28Cl2O2Zr-2. The van der Waals surface area contributed by atoms with Crippen molar-refractivity contribution < 1.29 is 58.5 Å². The second-order valence-corrected chi connectivity index (χ2v) is 9.39. The molecule has 0 heterocycles. The van der Waals surface area contributed by atoms with Crippen LogP contribution in [0.4, 0.5) is 0 Å². The van der Waals surface area contributed by atoms with E-state index in [9.17, 15) is 0 Å². The zero-order chi connectivity index (χ0) is 25.2. The van der Waals surface area contributed by atoms with Gasteiger partial charge in [-0.2, -0.15) is 6.08 Å². The predicted molar refractivity (Wildman–Crippen MR) is 148 cm³/mol. The van der Waals surface area contributed by atoms with Gasteiger partial charge in [0, 0.05) is 0 Å². The second-order valence-electron chi connectivity index (χ2n) is 8.16. The zero-order valence-electron chi connectivity index (χ0n) is 21.3. The number of hydrogen-bond acceptors (Lipinski definition) is 2. The molecule has 0 N–H and O–H groups in total. The molecule has 0 unspecified atom stereocenters. The van der Waals surface area contributed by atoms with Gasteiger partial charge in [0.1, 0.15) is 0 Å². The molecule has 5 aromatic rings. The van der Waals surface area contributed by atoms with Crippen molar-refractivity contribution >= 4 is 24.8 Å². The minimum atomic E-state index is 0. The molecule has 0 amide bonds. The first-order valence-electron chi connectivity index (χ1n) is 11.8. The summed E-state index contributed by atoms with van der Waals surface area (Å²) in [5.41, 5.74) is 2.66. The van der Waals surface area contributed by atoms with Crippen LogP contribution in [0.3, 0.4) is 0 Å². The molecule has 0 bridgehead atoms. The van der Waals surface area contributed by atoms with E-state index in [0.717, 1.165) is 17.9 Å². The van der Waals surface area contributed by atoms with E-state index in [4.69, 9.17) is 9.47 Å². The maximum absolute atomic E-state index is 5.24. The van der Waals surface area contributed by atoms with E-state index in [-0.39, 0.29) is 24.8 Å². The number of hydrogen-bond donors (Lipinski definition) is 0. The van der Waals surface area contributed by atoms with Gasteiger partial charge >= 0.3 is 99.2 Å². The summed E-state index contributed by atoms with van der Waals surface area (Å²) in [6, 6.07) is 35.6. The third kappa shape index (κ3) is 8.33. The van der Waals surface area contributed by atoms with Gasteiger partial charge in [0.25, 0.3) is 0 Å². The summed E-state index contributed by atoms with van der Waals surface area (Å²) >= 11 is 1.46. The Morgan fingerprint density at radius 1 is 0.711 bits per heavy atom. The van der Waals surface area contributed by atoms with Gasteiger partial charge in [0.2, 0.25) is 0 Å². The molecule has 5 heteroatoms.